The van der Waals surface area contributed by atoms with Crippen molar-refractivity contribution in [2.45, 2.75) is 154 Å². The standard InChI is InChI=1S/C42H86N4O2/c47-41-23-17-11-5-3-9-15-21-27-45-35-29-43(30-36-45,31-37-45)25-19-13-7-1-2-8-14-20-26-44-32-38-46(39-33-44,40-34-44)28-22-16-10-4-6-12-18-24-42-48/h47-48H,1-42H2/q+4. The molecular formula is C42H86N4O2+4. The van der Waals surface area contributed by atoms with E-state index >= 15 is 0 Å². The van der Waals surface area contributed by atoms with Gasteiger partial charge >= 0.3 is 0 Å². The first-order chi connectivity index (χ1) is 23.6. The van der Waals surface area contributed by atoms with Gasteiger partial charge in [-0.2, -0.15) is 0 Å². The van der Waals surface area contributed by atoms with E-state index in [4.69, 9.17) is 10.2 Å². The molecule has 6 nitrogen and oxygen atoms in total. The highest BCUT2D eigenvalue weighted by Crippen LogP contribution is 2.30. The van der Waals surface area contributed by atoms with Crippen LogP contribution in [-0.2, 0) is 0 Å². The normalized spacial score (nSPS) is 29.6. The van der Waals surface area contributed by atoms with Crippen LogP contribution in [0.4, 0.5) is 0 Å². The molecule has 6 rings (SSSR count). The van der Waals surface area contributed by atoms with Crippen LogP contribution in [0.5, 0.6) is 0 Å². The number of hydrogen-bond donors (Lipinski definition) is 2. The fourth-order valence-electron chi connectivity index (χ4n) is 10.4. The number of piperazine rings is 6. The Labute approximate surface area is 299 Å². The maximum atomic E-state index is 8.91. The number of fused-ring (bicyclic) bond motifs is 6. The number of aliphatic hydroxyl groups excluding tert-OH is 2. The van der Waals surface area contributed by atoms with E-state index < -0.39 is 0 Å². The molecule has 0 aliphatic carbocycles. The lowest BCUT2D eigenvalue weighted by Gasteiger charge is -2.55. The topological polar surface area (TPSA) is 40.5 Å². The van der Waals surface area contributed by atoms with Gasteiger partial charge < -0.3 is 28.1 Å². The van der Waals surface area contributed by atoms with Crippen molar-refractivity contribution in [2.75, 3.05) is 118 Å². The van der Waals surface area contributed by atoms with Gasteiger partial charge in [-0.05, 0) is 64.2 Å². The van der Waals surface area contributed by atoms with Crippen molar-refractivity contribution in [2.24, 2.45) is 0 Å². The molecule has 0 aromatic heterocycles. The summed E-state index contributed by atoms with van der Waals surface area (Å²) in [5, 5.41) is 17.8. The smallest absolute Gasteiger partial charge is 0.129 e. The second-order valence-corrected chi connectivity index (χ2v) is 17.9. The summed E-state index contributed by atoms with van der Waals surface area (Å²) in [5.41, 5.74) is 0. The maximum absolute atomic E-state index is 8.91. The van der Waals surface area contributed by atoms with Crippen LogP contribution in [0.15, 0.2) is 0 Å². The monoisotopic (exact) mass is 679 g/mol. The number of quaternary nitrogens is 4. The van der Waals surface area contributed by atoms with Crippen LogP contribution in [0, 0.1) is 0 Å². The molecule has 48 heavy (non-hydrogen) atoms. The molecular weight excluding hydrogens is 592 g/mol. The van der Waals surface area contributed by atoms with E-state index in [0.29, 0.717) is 13.2 Å². The van der Waals surface area contributed by atoms with Gasteiger partial charge in [-0.15, -0.1) is 0 Å². The summed E-state index contributed by atoms with van der Waals surface area (Å²) in [6, 6.07) is 0. The van der Waals surface area contributed by atoms with Gasteiger partial charge in [0, 0.05) is 13.2 Å². The van der Waals surface area contributed by atoms with Crippen LogP contribution in [0.1, 0.15) is 154 Å². The van der Waals surface area contributed by atoms with E-state index in [2.05, 4.69) is 0 Å². The first kappa shape index (κ1) is 40.5. The van der Waals surface area contributed by atoms with Crippen LogP contribution in [0.25, 0.3) is 0 Å². The lowest BCUT2D eigenvalue weighted by atomic mass is 10.0. The van der Waals surface area contributed by atoms with Gasteiger partial charge in [-0.25, -0.2) is 0 Å². The van der Waals surface area contributed by atoms with Crippen molar-refractivity contribution in [1.29, 1.82) is 0 Å². The van der Waals surface area contributed by atoms with Crippen LogP contribution in [-0.4, -0.2) is 146 Å². The number of hydrogen-bond acceptors (Lipinski definition) is 2. The summed E-state index contributed by atoms with van der Waals surface area (Å²) in [6.45, 7) is 24.2. The zero-order valence-corrected chi connectivity index (χ0v) is 32.4. The lowest BCUT2D eigenvalue weighted by Crippen LogP contribution is -2.75. The van der Waals surface area contributed by atoms with Gasteiger partial charge in [-0.1, -0.05) is 89.9 Å². The van der Waals surface area contributed by atoms with Crippen molar-refractivity contribution in [1.82, 2.24) is 0 Å². The Morgan fingerprint density at radius 2 is 0.354 bits per heavy atom. The predicted molar refractivity (Wildman–Crippen MR) is 204 cm³/mol. The van der Waals surface area contributed by atoms with E-state index in [-0.39, 0.29) is 0 Å². The number of nitrogens with zero attached hydrogens (tertiary/aromatic N) is 4. The lowest BCUT2D eigenvalue weighted by molar-refractivity contribution is -1.08. The third-order valence-electron chi connectivity index (χ3n) is 14.4. The molecule has 4 bridgehead atoms. The van der Waals surface area contributed by atoms with Crippen LogP contribution < -0.4 is 0 Å². The summed E-state index contributed by atoms with van der Waals surface area (Å²) in [6.07, 6.45) is 33.1. The Balaban J connectivity index is 0.919. The first-order valence-electron chi connectivity index (χ1n) is 22.2. The van der Waals surface area contributed by atoms with Crippen LogP contribution in [0.2, 0.25) is 0 Å². The summed E-state index contributed by atoms with van der Waals surface area (Å²) in [7, 11) is 0. The minimum absolute atomic E-state index is 0.372. The van der Waals surface area contributed by atoms with Gasteiger partial charge in [-0.3, -0.25) is 0 Å². The molecule has 6 aliphatic rings. The third kappa shape index (κ3) is 14.1. The molecule has 0 atom stereocenters. The average Bonchev–Trinajstić information content (AvgIpc) is 3.13. The molecule has 0 aromatic rings. The zero-order valence-electron chi connectivity index (χ0n) is 32.4. The van der Waals surface area contributed by atoms with Crippen molar-refractivity contribution < 1.29 is 28.1 Å². The fraction of sp³-hybridized carbons (Fsp3) is 1.00. The zero-order chi connectivity index (χ0) is 33.7. The quantitative estimate of drug-likeness (QED) is 0.0584. The highest BCUT2D eigenvalue weighted by atomic mass is 16.3. The highest BCUT2D eigenvalue weighted by Gasteiger charge is 2.49. The minimum Gasteiger partial charge on any atom is -0.396 e. The summed E-state index contributed by atoms with van der Waals surface area (Å²) in [5.74, 6) is 0. The molecule has 6 fully saturated rings. The minimum atomic E-state index is 0.372. The molecule has 0 saturated carbocycles. The average molecular weight is 679 g/mol. The Morgan fingerprint density at radius 1 is 0.208 bits per heavy atom. The molecule has 6 heterocycles. The van der Waals surface area contributed by atoms with Gasteiger partial charge in [0.2, 0.25) is 0 Å². The second kappa shape index (κ2) is 22.6. The van der Waals surface area contributed by atoms with E-state index in [1.165, 1.54) is 264 Å². The molecule has 0 unspecified atom stereocenters. The Kier molecular flexibility index (Phi) is 19.1. The molecule has 0 aromatic carbocycles. The highest BCUT2D eigenvalue weighted by molar-refractivity contribution is 4.65. The van der Waals surface area contributed by atoms with Crippen molar-refractivity contribution in [3.05, 3.63) is 0 Å². The molecule has 6 saturated heterocycles. The molecule has 282 valence electrons. The van der Waals surface area contributed by atoms with Crippen molar-refractivity contribution in [3.8, 4) is 0 Å². The van der Waals surface area contributed by atoms with Gasteiger partial charge in [0.1, 0.15) is 78.5 Å². The van der Waals surface area contributed by atoms with Crippen molar-refractivity contribution >= 4 is 0 Å². The molecule has 0 radical (unpaired) electrons. The fourth-order valence-corrected chi connectivity index (χ4v) is 10.4. The number of unbranched alkanes of at least 4 members (excludes halogenated alkanes) is 21. The summed E-state index contributed by atoms with van der Waals surface area (Å²) >= 11 is 0. The maximum Gasteiger partial charge on any atom is 0.129 e. The van der Waals surface area contributed by atoms with Gasteiger partial charge in [0.15, 0.2) is 0 Å². The second-order valence-electron chi connectivity index (χ2n) is 17.9. The Hall–Kier alpha value is -0.240. The molecule has 0 spiro atoms. The summed E-state index contributed by atoms with van der Waals surface area (Å²) < 4.78 is 5.87. The number of aliphatic hydroxyl groups is 2. The van der Waals surface area contributed by atoms with Crippen LogP contribution in [0.3, 0.4) is 0 Å². The van der Waals surface area contributed by atoms with Crippen molar-refractivity contribution in [3.63, 3.8) is 0 Å². The number of rotatable bonds is 31. The van der Waals surface area contributed by atoms with E-state index in [1.54, 1.807) is 0 Å². The predicted octanol–water partition coefficient (Wildman–Crippen LogP) is 7.66. The van der Waals surface area contributed by atoms with Gasteiger partial charge in [0.25, 0.3) is 0 Å². The molecule has 6 aliphatic heterocycles. The molecule has 6 heteroatoms. The molecule has 2 N–H and O–H groups in total. The SMILES string of the molecule is OCCCCCCCCCC[N+]12CC[N+](CCCCCCCCCC[N+]34CC[N+](CCCCCCCCCCO)(CC3)CC4)(CC1)CC2. The largest absolute Gasteiger partial charge is 0.396 e. The Morgan fingerprint density at radius 3 is 0.521 bits per heavy atom. The van der Waals surface area contributed by atoms with E-state index in [9.17, 15) is 0 Å². The Bertz CT molecular complexity index is 706. The van der Waals surface area contributed by atoms with E-state index in [1.807, 2.05) is 0 Å². The van der Waals surface area contributed by atoms with Gasteiger partial charge in [0.05, 0.1) is 26.2 Å². The molecule has 0 amide bonds. The van der Waals surface area contributed by atoms with E-state index in [0.717, 1.165) is 12.8 Å². The first-order valence-corrected chi connectivity index (χ1v) is 22.2. The van der Waals surface area contributed by atoms with Crippen LogP contribution >= 0.6 is 0 Å². The summed E-state index contributed by atoms with van der Waals surface area (Å²) in [4.78, 5) is 0. The third-order valence-corrected chi connectivity index (χ3v) is 14.4.